The molecule has 5 rings (SSSR count). The summed E-state index contributed by atoms with van der Waals surface area (Å²) in [6, 6.07) is 14.8. The molecule has 1 amide bonds. The third kappa shape index (κ3) is 7.07. The van der Waals surface area contributed by atoms with Gasteiger partial charge in [0, 0.05) is 19.6 Å². The lowest BCUT2D eigenvalue weighted by Crippen LogP contribution is -2.19. The second kappa shape index (κ2) is 12.6. The number of carbonyl (C=O) groups excluding carboxylic acids is 1. The summed E-state index contributed by atoms with van der Waals surface area (Å²) in [4.78, 5) is 25.4. The lowest BCUT2D eigenvalue weighted by molar-refractivity contribution is -0.141. The summed E-state index contributed by atoms with van der Waals surface area (Å²) in [7, 11) is 1.27. The van der Waals surface area contributed by atoms with E-state index in [0.717, 1.165) is 48.4 Å². The standard InChI is InChI=1S/C29H29F3N4O4S/c1-39-28(38)24-21(34-26(37)20-8-5-9-23(33-20)29(30,31)32)14-22-25(35-24)36-27(41-22)19-12-10-18(11-13-19)16-40-15-17-6-3-2-4-7-17/h2-9,14,18-19,28,38H,10-13,15-16H2,1H3,(H,34,37). The monoisotopic (exact) mass is 586 g/mol. The van der Waals surface area contributed by atoms with Crippen LogP contribution in [-0.2, 0) is 22.3 Å². The number of carbonyl (C=O) groups is 1. The van der Waals surface area contributed by atoms with Gasteiger partial charge in [0.15, 0.2) is 5.65 Å². The first-order chi connectivity index (χ1) is 19.7. The van der Waals surface area contributed by atoms with Crippen LogP contribution >= 0.6 is 11.3 Å². The highest BCUT2D eigenvalue weighted by atomic mass is 32.1. The van der Waals surface area contributed by atoms with E-state index >= 15 is 0 Å². The maximum absolute atomic E-state index is 13.1. The van der Waals surface area contributed by atoms with E-state index in [2.05, 4.69) is 15.3 Å². The molecule has 2 N–H and O–H groups in total. The van der Waals surface area contributed by atoms with Gasteiger partial charge in [0.05, 0.1) is 22.0 Å². The van der Waals surface area contributed by atoms with Crippen molar-refractivity contribution in [3.8, 4) is 0 Å². The molecule has 1 fully saturated rings. The number of aromatic nitrogens is 3. The summed E-state index contributed by atoms with van der Waals surface area (Å²) in [5.41, 5.74) is 0.0529. The van der Waals surface area contributed by atoms with Gasteiger partial charge >= 0.3 is 6.18 Å². The Hall–Kier alpha value is -3.45. The Balaban J connectivity index is 1.28. The Morgan fingerprint density at radius 3 is 2.54 bits per heavy atom. The van der Waals surface area contributed by atoms with Gasteiger partial charge < -0.3 is 19.9 Å². The molecule has 0 saturated heterocycles. The SMILES string of the molecule is COC(O)c1nc2nc(C3CCC(COCc4ccccc4)CC3)sc2cc1NC(=O)c1cccc(C(F)(F)F)n1. The molecule has 216 valence electrons. The van der Waals surface area contributed by atoms with E-state index in [4.69, 9.17) is 14.5 Å². The number of alkyl halides is 3. The van der Waals surface area contributed by atoms with Crippen LogP contribution in [0.4, 0.5) is 18.9 Å². The summed E-state index contributed by atoms with van der Waals surface area (Å²) in [6.07, 6.45) is -2.24. The smallest absolute Gasteiger partial charge is 0.376 e. The van der Waals surface area contributed by atoms with Gasteiger partial charge in [-0.05, 0) is 55.4 Å². The Bertz CT molecular complexity index is 1490. The van der Waals surface area contributed by atoms with E-state index in [1.165, 1.54) is 24.5 Å². The molecular weight excluding hydrogens is 557 g/mol. The van der Waals surface area contributed by atoms with E-state index in [0.29, 0.717) is 29.5 Å². The molecule has 1 saturated carbocycles. The van der Waals surface area contributed by atoms with Crippen molar-refractivity contribution in [2.45, 2.75) is 50.7 Å². The van der Waals surface area contributed by atoms with Crippen LogP contribution in [0.25, 0.3) is 10.3 Å². The normalized spacial score (nSPS) is 18.4. The van der Waals surface area contributed by atoms with E-state index in [1.54, 1.807) is 6.07 Å². The van der Waals surface area contributed by atoms with Crippen LogP contribution in [-0.4, -0.2) is 39.7 Å². The van der Waals surface area contributed by atoms with Crippen molar-refractivity contribution in [1.29, 1.82) is 0 Å². The fourth-order valence-electron chi connectivity index (χ4n) is 4.87. The number of pyridine rings is 2. The van der Waals surface area contributed by atoms with Crippen LogP contribution in [0.5, 0.6) is 0 Å². The zero-order chi connectivity index (χ0) is 29.0. The highest BCUT2D eigenvalue weighted by Gasteiger charge is 2.33. The predicted molar refractivity (Wildman–Crippen MR) is 147 cm³/mol. The number of halogens is 3. The fraction of sp³-hybridized carbons (Fsp3) is 0.379. The second-order valence-electron chi connectivity index (χ2n) is 9.96. The molecule has 1 unspecified atom stereocenters. The maximum Gasteiger partial charge on any atom is 0.433 e. The number of nitrogens with zero attached hydrogens (tertiary/aromatic N) is 3. The number of thiazole rings is 1. The highest BCUT2D eigenvalue weighted by molar-refractivity contribution is 7.18. The van der Waals surface area contributed by atoms with Crippen molar-refractivity contribution in [3.63, 3.8) is 0 Å². The number of aliphatic hydroxyl groups is 1. The van der Waals surface area contributed by atoms with Crippen LogP contribution < -0.4 is 5.32 Å². The minimum atomic E-state index is -4.69. The van der Waals surface area contributed by atoms with E-state index < -0.39 is 29.8 Å². The minimum Gasteiger partial charge on any atom is -0.376 e. The molecule has 0 radical (unpaired) electrons. The Kier molecular flexibility index (Phi) is 8.93. The zero-order valence-electron chi connectivity index (χ0n) is 22.2. The third-order valence-electron chi connectivity index (χ3n) is 7.07. The van der Waals surface area contributed by atoms with Gasteiger partial charge in [-0.15, -0.1) is 11.3 Å². The zero-order valence-corrected chi connectivity index (χ0v) is 23.0. The number of benzene rings is 1. The van der Waals surface area contributed by atoms with Crippen molar-refractivity contribution < 1.29 is 32.5 Å². The molecule has 1 aliphatic carbocycles. The van der Waals surface area contributed by atoms with Crippen molar-refractivity contribution in [2.24, 2.45) is 5.92 Å². The number of fused-ring (bicyclic) bond motifs is 1. The number of anilines is 1. The Labute approximate surface area is 238 Å². The second-order valence-corrected chi connectivity index (χ2v) is 11.0. The van der Waals surface area contributed by atoms with Crippen LogP contribution in [0.2, 0.25) is 0 Å². The molecule has 0 spiro atoms. The largest absolute Gasteiger partial charge is 0.433 e. The molecule has 3 heterocycles. The van der Waals surface area contributed by atoms with Crippen molar-refractivity contribution in [2.75, 3.05) is 19.0 Å². The molecule has 0 bridgehead atoms. The summed E-state index contributed by atoms with van der Waals surface area (Å²) >= 11 is 1.45. The van der Waals surface area contributed by atoms with E-state index in [1.807, 2.05) is 30.3 Å². The number of hydrogen-bond donors (Lipinski definition) is 2. The van der Waals surface area contributed by atoms with Crippen LogP contribution in [0, 0.1) is 5.92 Å². The third-order valence-corrected chi connectivity index (χ3v) is 8.22. The Morgan fingerprint density at radius 1 is 1.07 bits per heavy atom. The summed E-state index contributed by atoms with van der Waals surface area (Å²) < 4.78 is 50.9. The topological polar surface area (TPSA) is 106 Å². The van der Waals surface area contributed by atoms with E-state index in [-0.39, 0.29) is 17.3 Å². The molecule has 1 atom stereocenters. The number of hydrogen-bond acceptors (Lipinski definition) is 8. The first-order valence-corrected chi connectivity index (χ1v) is 14.0. The summed E-state index contributed by atoms with van der Waals surface area (Å²) in [5.74, 6) is -0.140. The van der Waals surface area contributed by atoms with Crippen molar-refractivity contribution in [3.05, 3.63) is 82.3 Å². The molecule has 4 aromatic rings. The molecule has 1 aromatic carbocycles. The van der Waals surface area contributed by atoms with Crippen molar-refractivity contribution >= 4 is 33.3 Å². The van der Waals surface area contributed by atoms with Crippen LogP contribution in [0.15, 0.2) is 54.6 Å². The number of aliphatic hydroxyl groups excluding tert-OH is 1. The van der Waals surface area contributed by atoms with Crippen molar-refractivity contribution in [1.82, 2.24) is 15.0 Å². The average molecular weight is 587 g/mol. The average Bonchev–Trinajstić information content (AvgIpc) is 3.40. The molecule has 3 aromatic heterocycles. The van der Waals surface area contributed by atoms with Gasteiger partial charge in [0.1, 0.15) is 17.1 Å². The van der Waals surface area contributed by atoms with Gasteiger partial charge in [-0.1, -0.05) is 36.4 Å². The highest BCUT2D eigenvalue weighted by Crippen LogP contribution is 2.40. The lowest BCUT2D eigenvalue weighted by atomic mass is 9.83. The number of amides is 1. The number of ether oxygens (including phenoxy) is 2. The molecule has 8 nitrogen and oxygen atoms in total. The number of rotatable bonds is 9. The van der Waals surface area contributed by atoms with Crippen LogP contribution in [0.3, 0.4) is 0 Å². The minimum absolute atomic E-state index is 0.00329. The lowest BCUT2D eigenvalue weighted by Gasteiger charge is -2.27. The first-order valence-electron chi connectivity index (χ1n) is 13.2. The first kappa shape index (κ1) is 29.1. The molecule has 0 aliphatic heterocycles. The maximum atomic E-state index is 13.1. The van der Waals surface area contributed by atoms with E-state index in [9.17, 15) is 23.1 Å². The summed E-state index contributed by atoms with van der Waals surface area (Å²) in [5, 5.41) is 13.8. The van der Waals surface area contributed by atoms with Crippen LogP contribution in [0.1, 0.15) is 70.3 Å². The molecular formula is C29H29F3N4O4S. The van der Waals surface area contributed by atoms with Gasteiger partial charge in [-0.2, -0.15) is 13.2 Å². The molecule has 12 heteroatoms. The Morgan fingerprint density at radius 2 is 1.83 bits per heavy atom. The number of methoxy groups -OCH3 is 1. The quantitative estimate of drug-likeness (QED) is 0.216. The fourth-order valence-corrected chi connectivity index (χ4v) is 5.99. The van der Waals surface area contributed by atoms with Gasteiger partial charge in [-0.25, -0.2) is 15.0 Å². The predicted octanol–water partition coefficient (Wildman–Crippen LogP) is 6.49. The number of nitrogens with one attached hydrogen (secondary N) is 1. The summed E-state index contributed by atoms with van der Waals surface area (Å²) in [6.45, 7) is 1.31. The van der Waals surface area contributed by atoms with Gasteiger partial charge in [0.25, 0.3) is 5.91 Å². The van der Waals surface area contributed by atoms with Gasteiger partial charge in [-0.3, -0.25) is 4.79 Å². The van der Waals surface area contributed by atoms with Gasteiger partial charge in [0.2, 0.25) is 6.29 Å². The molecule has 1 aliphatic rings. The molecule has 41 heavy (non-hydrogen) atoms.